The van der Waals surface area contributed by atoms with Gasteiger partial charge in [0, 0.05) is 6.42 Å². The van der Waals surface area contributed by atoms with Gasteiger partial charge in [0.05, 0.1) is 19.8 Å². The summed E-state index contributed by atoms with van der Waals surface area (Å²) < 4.78 is 4.70. The number of hydrogen-bond acceptors (Lipinski definition) is 3. The van der Waals surface area contributed by atoms with E-state index in [0.717, 1.165) is 6.42 Å². The SMILES string of the molecule is CCON1CCCOC1=O. The van der Waals surface area contributed by atoms with Crippen molar-refractivity contribution in [3.63, 3.8) is 0 Å². The summed E-state index contributed by atoms with van der Waals surface area (Å²) in [7, 11) is 0. The van der Waals surface area contributed by atoms with Crippen LogP contribution in [-0.2, 0) is 9.57 Å². The summed E-state index contributed by atoms with van der Waals surface area (Å²) in [6, 6.07) is 0. The molecule has 1 saturated heterocycles. The molecule has 4 nitrogen and oxygen atoms in total. The molecule has 0 saturated carbocycles. The van der Waals surface area contributed by atoms with Crippen LogP contribution >= 0.6 is 0 Å². The van der Waals surface area contributed by atoms with Crippen molar-refractivity contribution in [1.82, 2.24) is 5.06 Å². The molecule has 0 radical (unpaired) electrons. The van der Waals surface area contributed by atoms with Gasteiger partial charge in [0.15, 0.2) is 0 Å². The lowest BCUT2D eigenvalue weighted by Crippen LogP contribution is -2.37. The van der Waals surface area contributed by atoms with E-state index in [0.29, 0.717) is 19.8 Å². The van der Waals surface area contributed by atoms with Crippen molar-refractivity contribution in [2.45, 2.75) is 13.3 Å². The normalized spacial score (nSPS) is 18.9. The molecular formula is C6H11NO3. The highest BCUT2D eigenvalue weighted by Crippen LogP contribution is 2.03. The number of rotatable bonds is 2. The Morgan fingerprint density at radius 2 is 2.60 bits per heavy atom. The summed E-state index contributed by atoms with van der Waals surface area (Å²) in [5.74, 6) is 0. The predicted molar refractivity (Wildman–Crippen MR) is 34.3 cm³/mol. The van der Waals surface area contributed by atoms with E-state index in [1.807, 2.05) is 6.92 Å². The molecule has 0 spiro atoms. The number of cyclic esters (lactones) is 1. The van der Waals surface area contributed by atoms with Crippen LogP contribution in [0.25, 0.3) is 0 Å². The molecule has 58 valence electrons. The second-order valence-electron chi connectivity index (χ2n) is 1.99. The molecule has 0 unspecified atom stereocenters. The second kappa shape index (κ2) is 3.41. The van der Waals surface area contributed by atoms with Gasteiger partial charge in [-0.3, -0.25) is 4.84 Å². The molecule has 1 heterocycles. The first-order valence-electron chi connectivity index (χ1n) is 3.42. The van der Waals surface area contributed by atoms with Gasteiger partial charge in [0.25, 0.3) is 0 Å². The highest BCUT2D eigenvalue weighted by atomic mass is 16.7. The largest absolute Gasteiger partial charge is 0.448 e. The van der Waals surface area contributed by atoms with Crippen molar-refractivity contribution in [2.24, 2.45) is 0 Å². The van der Waals surface area contributed by atoms with Gasteiger partial charge in [-0.15, -0.1) is 0 Å². The quantitative estimate of drug-likeness (QED) is 0.576. The number of amides is 1. The highest BCUT2D eigenvalue weighted by Gasteiger charge is 2.19. The molecule has 1 rings (SSSR count). The molecule has 0 aromatic heterocycles. The first-order valence-corrected chi connectivity index (χ1v) is 3.42. The zero-order chi connectivity index (χ0) is 7.40. The maximum atomic E-state index is 10.8. The van der Waals surface area contributed by atoms with E-state index < -0.39 is 0 Å². The fraction of sp³-hybridized carbons (Fsp3) is 0.833. The van der Waals surface area contributed by atoms with Crippen LogP contribution in [0.15, 0.2) is 0 Å². The summed E-state index contributed by atoms with van der Waals surface area (Å²) in [5.41, 5.74) is 0. The Hall–Kier alpha value is -0.770. The van der Waals surface area contributed by atoms with Gasteiger partial charge in [0.1, 0.15) is 0 Å². The van der Waals surface area contributed by atoms with E-state index in [9.17, 15) is 4.79 Å². The molecule has 0 atom stereocenters. The van der Waals surface area contributed by atoms with Crippen molar-refractivity contribution in [1.29, 1.82) is 0 Å². The lowest BCUT2D eigenvalue weighted by atomic mass is 10.4. The Labute approximate surface area is 59.7 Å². The molecule has 4 heteroatoms. The number of hydroxylamine groups is 2. The van der Waals surface area contributed by atoms with Gasteiger partial charge in [-0.25, -0.2) is 4.79 Å². The minimum Gasteiger partial charge on any atom is -0.448 e. The van der Waals surface area contributed by atoms with Crippen LogP contribution < -0.4 is 0 Å². The van der Waals surface area contributed by atoms with Crippen LogP contribution in [-0.4, -0.2) is 30.9 Å². The fourth-order valence-corrected chi connectivity index (χ4v) is 0.804. The van der Waals surface area contributed by atoms with Gasteiger partial charge in [0.2, 0.25) is 0 Å². The van der Waals surface area contributed by atoms with Crippen molar-refractivity contribution in [2.75, 3.05) is 19.8 Å². The first kappa shape index (κ1) is 7.34. The Bertz CT molecular complexity index is 124. The molecule has 0 bridgehead atoms. The van der Waals surface area contributed by atoms with E-state index in [1.54, 1.807) is 0 Å². The standard InChI is InChI=1S/C6H11NO3/c1-2-10-7-4-3-5-9-6(7)8/h2-5H2,1H3. The number of nitrogens with zero attached hydrogens (tertiary/aromatic N) is 1. The lowest BCUT2D eigenvalue weighted by molar-refractivity contribution is -0.147. The van der Waals surface area contributed by atoms with Crippen LogP contribution in [0.5, 0.6) is 0 Å². The third-order valence-corrected chi connectivity index (χ3v) is 1.22. The minimum atomic E-state index is -0.367. The van der Waals surface area contributed by atoms with Crippen LogP contribution in [0.1, 0.15) is 13.3 Å². The summed E-state index contributed by atoms with van der Waals surface area (Å²) >= 11 is 0. The van der Waals surface area contributed by atoms with Gasteiger partial charge in [-0.1, -0.05) is 0 Å². The van der Waals surface area contributed by atoms with Crippen molar-refractivity contribution in [3.8, 4) is 0 Å². The summed E-state index contributed by atoms with van der Waals surface area (Å²) in [6.07, 6.45) is 0.485. The highest BCUT2D eigenvalue weighted by molar-refractivity contribution is 5.66. The Morgan fingerprint density at radius 3 is 3.20 bits per heavy atom. The monoisotopic (exact) mass is 145 g/mol. The number of carbonyl (C=O) groups is 1. The van der Waals surface area contributed by atoms with E-state index in [1.165, 1.54) is 5.06 Å². The smallest absolute Gasteiger partial charge is 0.433 e. The summed E-state index contributed by atoms with van der Waals surface area (Å²) in [5, 5.41) is 1.25. The van der Waals surface area contributed by atoms with Gasteiger partial charge >= 0.3 is 6.09 Å². The molecular weight excluding hydrogens is 134 g/mol. The average molecular weight is 145 g/mol. The molecule has 1 amide bonds. The molecule has 0 aliphatic carbocycles. The molecule has 0 aromatic carbocycles. The maximum absolute atomic E-state index is 10.8. The zero-order valence-corrected chi connectivity index (χ0v) is 6.00. The fourth-order valence-electron chi connectivity index (χ4n) is 0.804. The topological polar surface area (TPSA) is 38.8 Å². The third-order valence-electron chi connectivity index (χ3n) is 1.22. The first-order chi connectivity index (χ1) is 4.84. The van der Waals surface area contributed by atoms with Crippen LogP contribution in [0.4, 0.5) is 4.79 Å². The van der Waals surface area contributed by atoms with E-state index in [-0.39, 0.29) is 6.09 Å². The number of ether oxygens (including phenoxy) is 1. The van der Waals surface area contributed by atoms with E-state index >= 15 is 0 Å². The van der Waals surface area contributed by atoms with Crippen LogP contribution in [0, 0.1) is 0 Å². The molecule has 1 fully saturated rings. The van der Waals surface area contributed by atoms with Crippen molar-refractivity contribution >= 4 is 6.09 Å². The summed E-state index contributed by atoms with van der Waals surface area (Å²) in [6.45, 7) is 3.51. The summed E-state index contributed by atoms with van der Waals surface area (Å²) in [4.78, 5) is 15.7. The van der Waals surface area contributed by atoms with Gasteiger partial charge < -0.3 is 4.74 Å². The Morgan fingerprint density at radius 1 is 1.80 bits per heavy atom. The van der Waals surface area contributed by atoms with Crippen molar-refractivity contribution in [3.05, 3.63) is 0 Å². The van der Waals surface area contributed by atoms with E-state index in [2.05, 4.69) is 0 Å². The lowest BCUT2D eigenvalue weighted by Gasteiger charge is -2.24. The van der Waals surface area contributed by atoms with Crippen molar-refractivity contribution < 1.29 is 14.4 Å². The molecule has 0 N–H and O–H groups in total. The second-order valence-corrected chi connectivity index (χ2v) is 1.99. The third kappa shape index (κ3) is 1.60. The van der Waals surface area contributed by atoms with Gasteiger partial charge in [-0.05, 0) is 6.92 Å². The molecule has 1 aliphatic heterocycles. The Balaban J connectivity index is 2.32. The number of hydrogen-bond donors (Lipinski definition) is 0. The van der Waals surface area contributed by atoms with E-state index in [4.69, 9.17) is 9.57 Å². The van der Waals surface area contributed by atoms with Crippen LogP contribution in [0.3, 0.4) is 0 Å². The average Bonchev–Trinajstić information content (AvgIpc) is 1.94. The molecule has 1 aliphatic rings. The zero-order valence-electron chi connectivity index (χ0n) is 6.00. The van der Waals surface area contributed by atoms with Gasteiger partial charge in [-0.2, -0.15) is 5.06 Å². The van der Waals surface area contributed by atoms with Crippen LogP contribution in [0.2, 0.25) is 0 Å². The Kier molecular flexibility index (Phi) is 2.50. The maximum Gasteiger partial charge on any atom is 0.433 e. The molecule has 10 heavy (non-hydrogen) atoms. The molecule has 0 aromatic rings. The number of carbonyl (C=O) groups excluding carboxylic acids is 1. The minimum absolute atomic E-state index is 0.367. The predicted octanol–water partition coefficient (Wildman–Crippen LogP) is 0.780.